The van der Waals surface area contributed by atoms with Gasteiger partial charge in [-0.3, -0.25) is 4.98 Å². The Kier molecular flexibility index (Phi) is 5.24. The summed E-state index contributed by atoms with van der Waals surface area (Å²) in [6.45, 7) is 2.68. The first-order chi connectivity index (χ1) is 10.1. The average molecular weight is 311 g/mol. The van der Waals surface area contributed by atoms with Crippen LogP contribution in [0, 0.1) is 6.92 Å². The second-order valence-electron chi connectivity index (χ2n) is 4.28. The number of methoxy groups -OCH3 is 1. The van der Waals surface area contributed by atoms with Gasteiger partial charge in [-0.05, 0) is 18.6 Å². The van der Waals surface area contributed by atoms with Crippen LogP contribution in [0.1, 0.15) is 21.7 Å². The van der Waals surface area contributed by atoms with Crippen molar-refractivity contribution in [2.45, 2.75) is 13.5 Å². The molecule has 0 N–H and O–H groups in total. The standard InChI is InChI=1S/C13H15ClN4O3/c1-9-12(13(19)21-6-5-20-2)16-17-18(9)8-10-3-4-15-7-11(10)14/h3-4,7H,5-6,8H2,1-2H3. The van der Waals surface area contributed by atoms with Crippen LogP contribution in [-0.4, -0.2) is 46.3 Å². The van der Waals surface area contributed by atoms with Gasteiger partial charge in [0.15, 0.2) is 5.69 Å². The lowest BCUT2D eigenvalue weighted by Gasteiger charge is -2.06. The van der Waals surface area contributed by atoms with E-state index in [0.29, 0.717) is 23.9 Å². The van der Waals surface area contributed by atoms with Crippen molar-refractivity contribution in [3.05, 3.63) is 40.4 Å². The van der Waals surface area contributed by atoms with Gasteiger partial charge in [-0.25, -0.2) is 9.48 Å². The molecule has 0 unspecified atom stereocenters. The van der Waals surface area contributed by atoms with Gasteiger partial charge in [0, 0.05) is 19.5 Å². The van der Waals surface area contributed by atoms with Gasteiger partial charge >= 0.3 is 5.97 Å². The van der Waals surface area contributed by atoms with Crippen LogP contribution in [0.2, 0.25) is 5.02 Å². The molecule has 0 spiro atoms. The number of esters is 1. The van der Waals surface area contributed by atoms with Crippen LogP contribution in [0.4, 0.5) is 0 Å². The van der Waals surface area contributed by atoms with Gasteiger partial charge in [-0.2, -0.15) is 0 Å². The number of pyridine rings is 1. The molecule has 0 aliphatic heterocycles. The monoisotopic (exact) mass is 310 g/mol. The lowest BCUT2D eigenvalue weighted by molar-refractivity contribution is 0.0380. The minimum atomic E-state index is -0.517. The zero-order chi connectivity index (χ0) is 15.2. The van der Waals surface area contributed by atoms with Gasteiger partial charge in [0.05, 0.1) is 23.9 Å². The molecule has 2 rings (SSSR count). The number of aromatic nitrogens is 4. The van der Waals surface area contributed by atoms with Crippen molar-refractivity contribution >= 4 is 17.6 Å². The first-order valence-electron chi connectivity index (χ1n) is 6.28. The van der Waals surface area contributed by atoms with Gasteiger partial charge in [-0.15, -0.1) is 5.10 Å². The predicted molar refractivity (Wildman–Crippen MR) is 75.3 cm³/mol. The predicted octanol–water partition coefficient (Wildman–Crippen LogP) is 1.49. The summed E-state index contributed by atoms with van der Waals surface area (Å²) in [5.74, 6) is -0.517. The molecule has 8 heteroatoms. The highest BCUT2D eigenvalue weighted by Crippen LogP contribution is 2.16. The molecule has 0 aromatic carbocycles. The summed E-state index contributed by atoms with van der Waals surface area (Å²) in [5.41, 5.74) is 1.65. The maximum atomic E-state index is 11.8. The molecule has 0 fully saturated rings. The lowest BCUT2D eigenvalue weighted by atomic mass is 10.2. The molecule has 0 saturated carbocycles. The molecule has 0 aliphatic rings. The molecule has 2 heterocycles. The zero-order valence-corrected chi connectivity index (χ0v) is 12.5. The molecule has 112 valence electrons. The van der Waals surface area contributed by atoms with Crippen LogP contribution < -0.4 is 0 Å². The number of nitrogens with zero attached hydrogens (tertiary/aromatic N) is 4. The number of halogens is 1. The molecule has 21 heavy (non-hydrogen) atoms. The minimum absolute atomic E-state index is 0.178. The first kappa shape index (κ1) is 15.4. The Morgan fingerprint density at radius 2 is 2.24 bits per heavy atom. The van der Waals surface area contributed by atoms with Gasteiger partial charge in [0.25, 0.3) is 0 Å². The third-order valence-corrected chi connectivity index (χ3v) is 3.21. The summed E-state index contributed by atoms with van der Waals surface area (Å²) < 4.78 is 11.4. The van der Waals surface area contributed by atoms with E-state index in [4.69, 9.17) is 21.1 Å². The molecular formula is C13H15ClN4O3. The SMILES string of the molecule is COCCOC(=O)c1nnn(Cc2ccncc2Cl)c1C. The molecular weight excluding hydrogens is 296 g/mol. The van der Waals surface area contributed by atoms with E-state index in [1.165, 1.54) is 7.11 Å². The maximum Gasteiger partial charge on any atom is 0.360 e. The van der Waals surface area contributed by atoms with Crippen LogP contribution >= 0.6 is 11.6 Å². The van der Waals surface area contributed by atoms with Crippen LogP contribution in [-0.2, 0) is 16.0 Å². The van der Waals surface area contributed by atoms with Crippen molar-refractivity contribution in [3.63, 3.8) is 0 Å². The van der Waals surface area contributed by atoms with Crippen LogP contribution in [0.25, 0.3) is 0 Å². The summed E-state index contributed by atoms with van der Waals surface area (Å²) in [6.07, 6.45) is 3.20. The first-order valence-corrected chi connectivity index (χ1v) is 6.65. The van der Waals surface area contributed by atoms with E-state index >= 15 is 0 Å². The van der Waals surface area contributed by atoms with Crippen molar-refractivity contribution in [1.29, 1.82) is 0 Å². The van der Waals surface area contributed by atoms with E-state index in [-0.39, 0.29) is 12.3 Å². The molecule has 2 aromatic heterocycles. The van der Waals surface area contributed by atoms with Crippen molar-refractivity contribution in [2.75, 3.05) is 20.3 Å². The Balaban J connectivity index is 2.10. The van der Waals surface area contributed by atoms with Crippen LogP contribution in [0.15, 0.2) is 18.5 Å². The van der Waals surface area contributed by atoms with Crippen molar-refractivity contribution < 1.29 is 14.3 Å². The highest BCUT2D eigenvalue weighted by Gasteiger charge is 2.18. The number of hydrogen-bond donors (Lipinski definition) is 0. The third kappa shape index (κ3) is 3.77. The van der Waals surface area contributed by atoms with E-state index in [1.807, 2.05) is 0 Å². The fourth-order valence-corrected chi connectivity index (χ4v) is 1.86. The Morgan fingerprint density at radius 1 is 1.43 bits per heavy atom. The van der Waals surface area contributed by atoms with Gasteiger partial charge in [0.2, 0.25) is 0 Å². The van der Waals surface area contributed by atoms with Gasteiger partial charge < -0.3 is 9.47 Å². The molecule has 0 amide bonds. The lowest BCUT2D eigenvalue weighted by Crippen LogP contribution is -2.12. The number of rotatable bonds is 6. The fraction of sp³-hybridized carbons (Fsp3) is 0.385. The number of carbonyl (C=O) groups excluding carboxylic acids is 1. The van der Waals surface area contributed by atoms with Crippen LogP contribution in [0.3, 0.4) is 0 Å². The van der Waals surface area contributed by atoms with Crippen LogP contribution in [0.5, 0.6) is 0 Å². The average Bonchev–Trinajstić information content (AvgIpc) is 2.83. The molecule has 0 bridgehead atoms. The van der Waals surface area contributed by atoms with Crippen molar-refractivity contribution in [2.24, 2.45) is 0 Å². The molecule has 0 saturated heterocycles. The van der Waals surface area contributed by atoms with E-state index in [9.17, 15) is 4.79 Å². The largest absolute Gasteiger partial charge is 0.458 e. The summed E-state index contributed by atoms with van der Waals surface area (Å²) >= 11 is 6.05. The zero-order valence-electron chi connectivity index (χ0n) is 11.7. The number of carbonyl (C=O) groups is 1. The maximum absolute atomic E-state index is 11.8. The Hall–Kier alpha value is -1.99. The number of hydrogen-bond acceptors (Lipinski definition) is 6. The second kappa shape index (κ2) is 7.14. The Bertz CT molecular complexity index is 630. The fourth-order valence-electron chi connectivity index (χ4n) is 1.68. The molecule has 0 radical (unpaired) electrons. The van der Waals surface area contributed by atoms with E-state index < -0.39 is 5.97 Å². The molecule has 7 nitrogen and oxygen atoms in total. The highest BCUT2D eigenvalue weighted by atomic mass is 35.5. The molecule has 0 aliphatic carbocycles. The highest BCUT2D eigenvalue weighted by molar-refractivity contribution is 6.31. The smallest absolute Gasteiger partial charge is 0.360 e. The Labute approximate surface area is 126 Å². The van der Waals surface area contributed by atoms with Crippen molar-refractivity contribution in [3.8, 4) is 0 Å². The minimum Gasteiger partial charge on any atom is -0.458 e. The van der Waals surface area contributed by atoms with E-state index in [0.717, 1.165) is 5.56 Å². The van der Waals surface area contributed by atoms with Gasteiger partial charge in [-0.1, -0.05) is 16.8 Å². The van der Waals surface area contributed by atoms with Gasteiger partial charge in [0.1, 0.15) is 6.61 Å². The van der Waals surface area contributed by atoms with E-state index in [2.05, 4.69) is 15.3 Å². The molecule has 0 atom stereocenters. The topological polar surface area (TPSA) is 79.1 Å². The Morgan fingerprint density at radius 3 is 2.95 bits per heavy atom. The summed E-state index contributed by atoms with van der Waals surface area (Å²) in [7, 11) is 1.54. The summed E-state index contributed by atoms with van der Waals surface area (Å²) in [5, 5.41) is 8.35. The molecule has 2 aromatic rings. The summed E-state index contributed by atoms with van der Waals surface area (Å²) in [4.78, 5) is 15.8. The number of ether oxygens (including phenoxy) is 2. The van der Waals surface area contributed by atoms with Crippen molar-refractivity contribution in [1.82, 2.24) is 20.0 Å². The quantitative estimate of drug-likeness (QED) is 0.594. The van der Waals surface area contributed by atoms with E-state index in [1.54, 1.807) is 30.1 Å². The summed E-state index contributed by atoms with van der Waals surface area (Å²) in [6, 6.07) is 1.79. The third-order valence-electron chi connectivity index (χ3n) is 2.87. The second-order valence-corrected chi connectivity index (χ2v) is 4.68. The normalized spacial score (nSPS) is 10.6.